The molecule has 0 radical (unpaired) electrons. The van der Waals surface area contributed by atoms with Crippen molar-refractivity contribution < 1.29 is 34.2 Å². The molecule has 0 spiro atoms. The van der Waals surface area contributed by atoms with E-state index >= 15 is 0 Å². The fourth-order valence-corrected chi connectivity index (χ4v) is 3.18. The minimum atomic E-state index is -1.55. The molecule has 32 heavy (non-hydrogen) atoms. The SMILES string of the molecule is CSCCC(NC(=O)C(N)CC(N)=O)C(=O)NC(CC(C)C)C(=O)NC(C(=O)O)C(C)O. The smallest absolute Gasteiger partial charge is 0.328 e. The largest absolute Gasteiger partial charge is 0.480 e. The van der Waals surface area contributed by atoms with Gasteiger partial charge >= 0.3 is 5.97 Å². The molecule has 0 aliphatic rings. The lowest BCUT2D eigenvalue weighted by atomic mass is 10.0. The number of primary amides is 1. The molecule has 13 heteroatoms. The van der Waals surface area contributed by atoms with E-state index in [-0.39, 0.29) is 18.8 Å². The topological polar surface area (TPSA) is 214 Å². The summed E-state index contributed by atoms with van der Waals surface area (Å²) < 4.78 is 0. The maximum Gasteiger partial charge on any atom is 0.328 e. The number of rotatable bonds is 15. The zero-order valence-corrected chi connectivity index (χ0v) is 19.6. The van der Waals surface area contributed by atoms with E-state index in [1.165, 1.54) is 18.7 Å². The number of nitrogens with two attached hydrogens (primary N) is 2. The highest BCUT2D eigenvalue weighted by molar-refractivity contribution is 7.98. The minimum absolute atomic E-state index is 0.0379. The van der Waals surface area contributed by atoms with Crippen molar-refractivity contribution in [2.45, 2.75) is 70.3 Å². The van der Waals surface area contributed by atoms with Crippen LogP contribution in [0.3, 0.4) is 0 Å². The van der Waals surface area contributed by atoms with Gasteiger partial charge in [0.1, 0.15) is 12.1 Å². The Balaban J connectivity index is 5.46. The zero-order valence-electron chi connectivity index (χ0n) is 18.8. The second-order valence-electron chi connectivity index (χ2n) is 7.88. The Morgan fingerprint density at radius 3 is 1.91 bits per heavy atom. The third-order valence-electron chi connectivity index (χ3n) is 4.39. The zero-order chi connectivity index (χ0) is 25.0. The summed E-state index contributed by atoms with van der Waals surface area (Å²) in [4.78, 5) is 60.0. The number of hydrogen-bond acceptors (Lipinski definition) is 8. The van der Waals surface area contributed by atoms with E-state index in [0.717, 1.165) is 0 Å². The summed E-state index contributed by atoms with van der Waals surface area (Å²) in [6.07, 6.45) is 0.480. The second kappa shape index (κ2) is 14.6. The Kier molecular flexibility index (Phi) is 13.5. The maximum atomic E-state index is 12.9. The lowest BCUT2D eigenvalue weighted by Gasteiger charge is -2.26. The van der Waals surface area contributed by atoms with Gasteiger partial charge in [0.05, 0.1) is 18.6 Å². The lowest BCUT2D eigenvalue weighted by Crippen LogP contribution is -2.58. The Morgan fingerprint density at radius 1 is 0.938 bits per heavy atom. The van der Waals surface area contributed by atoms with E-state index in [1.54, 1.807) is 0 Å². The standard InChI is InChI=1S/C19H35N5O7S/c1-9(2)7-13(18(29)24-15(10(3)25)19(30)31)23-17(28)12(5-6-32-4)22-16(27)11(20)8-14(21)26/h9-13,15,25H,5-8,20H2,1-4H3,(H2,21,26)(H,22,27)(H,23,28)(H,24,29)(H,30,31). The van der Waals surface area contributed by atoms with Crippen molar-refractivity contribution in [2.24, 2.45) is 17.4 Å². The Labute approximate surface area is 191 Å². The number of nitrogens with one attached hydrogen (secondary N) is 3. The molecule has 0 aliphatic heterocycles. The summed E-state index contributed by atoms with van der Waals surface area (Å²) in [6.45, 7) is 4.84. The van der Waals surface area contributed by atoms with Crippen molar-refractivity contribution in [3.05, 3.63) is 0 Å². The van der Waals surface area contributed by atoms with Crippen LogP contribution in [-0.2, 0) is 24.0 Å². The number of carboxylic acids is 1. The van der Waals surface area contributed by atoms with Crippen molar-refractivity contribution in [2.75, 3.05) is 12.0 Å². The molecule has 5 unspecified atom stereocenters. The number of thioether (sulfide) groups is 1. The summed E-state index contributed by atoms with van der Waals surface area (Å²) in [5.74, 6) is -3.90. The fraction of sp³-hybridized carbons (Fsp3) is 0.737. The summed E-state index contributed by atoms with van der Waals surface area (Å²) in [6, 6.07) is -4.92. The molecule has 12 nitrogen and oxygen atoms in total. The lowest BCUT2D eigenvalue weighted by molar-refractivity contribution is -0.145. The molecule has 0 heterocycles. The highest BCUT2D eigenvalue weighted by Gasteiger charge is 2.32. The number of aliphatic hydroxyl groups is 1. The van der Waals surface area contributed by atoms with Crippen molar-refractivity contribution in [3.63, 3.8) is 0 Å². The molecule has 4 amide bonds. The summed E-state index contributed by atoms with van der Waals surface area (Å²) in [5.41, 5.74) is 10.7. The first kappa shape index (κ1) is 29.6. The van der Waals surface area contributed by atoms with E-state index < -0.39 is 66.3 Å². The number of carbonyl (C=O) groups excluding carboxylic acids is 4. The van der Waals surface area contributed by atoms with E-state index in [0.29, 0.717) is 5.75 Å². The Bertz CT molecular complexity index is 674. The predicted molar refractivity (Wildman–Crippen MR) is 119 cm³/mol. The van der Waals surface area contributed by atoms with Gasteiger partial charge in [-0.2, -0.15) is 11.8 Å². The fourth-order valence-electron chi connectivity index (χ4n) is 2.71. The third-order valence-corrected chi connectivity index (χ3v) is 5.03. The molecule has 0 fully saturated rings. The average Bonchev–Trinajstić information content (AvgIpc) is 2.66. The van der Waals surface area contributed by atoms with E-state index in [9.17, 15) is 34.2 Å². The van der Waals surface area contributed by atoms with Crippen molar-refractivity contribution >= 4 is 41.4 Å². The van der Waals surface area contributed by atoms with Gasteiger partial charge in [-0.25, -0.2) is 4.79 Å². The highest BCUT2D eigenvalue weighted by atomic mass is 32.2. The van der Waals surface area contributed by atoms with Crippen LogP contribution in [0.2, 0.25) is 0 Å². The third kappa shape index (κ3) is 11.3. The number of aliphatic hydroxyl groups excluding tert-OH is 1. The van der Waals surface area contributed by atoms with Crippen molar-refractivity contribution in [3.8, 4) is 0 Å². The maximum absolute atomic E-state index is 12.9. The first-order valence-electron chi connectivity index (χ1n) is 10.1. The van der Waals surface area contributed by atoms with E-state index in [2.05, 4.69) is 16.0 Å². The van der Waals surface area contributed by atoms with Gasteiger partial charge in [-0.1, -0.05) is 13.8 Å². The van der Waals surface area contributed by atoms with Crippen LogP contribution in [0.25, 0.3) is 0 Å². The molecule has 0 aliphatic carbocycles. The van der Waals surface area contributed by atoms with Crippen LogP contribution in [0.4, 0.5) is 0 Å². The predicted octanol–water partition coefficient (Wildman–Crippen LogP) is -2.09. The Hall–Kier alpha value is -2.38. The van der Waals surface area contributed by atoms with Gasteiger partial charge in [-0.15, -0.1) is 0 Å². The molecule has 0 saturated carbocycles. The van der Waals surface area contributed by atoms with Gasteiger partial charge in [0.15, 0.2) is 6.04 Å². The van der Waals surface area contributed by atoms with Crippen LogP contribution in [-0.4, -0.2) is 82.1 Å². The molecule has 184 valence electrons. The molecule has 5 atom stereocenters. The molecule has 0 aromatic rings. The molecular formula is C19H35N5O7S. The number of aliphatic carboxylic acids is 1. The quantitative estimate of drug-likeness (QED) is 0.137. The highest BCUT2D eigenvalue weighted by Crippen LogP contribution is 2.08. The summed E-state index contributed by atoms with van der Waals surface area (Å²) >= 11 is 1.44. The molecule has 0 aromatic carbocycles. The molecular weight excluding hydrogens is 442 g/mol. The molecule has 0 bridgehead atoms. The van der Waals surface area contributed by atoms with Crippen LogP contribution in [0.1, 0.15) is 40.0 Å². The van der Waals surface area contributed by atoms with Crippen molar-refractivity contribution in [1.82, 2.24) is 16.0 Å². The monoisotopic (exact) mass is 477 g/mol. The van der Waals surface area contributed by atoms with Gasteiger partial charge in [0, 0.05) is 0 Å². The molecule has 9 N–H and O–H groups in total. The second-order valence-corrected chi connectivity index (χ2v) is 8.86. The number of hydrogen-bond donors (Lipinski definition) is 7. The summed E-state index contributed by atoms with van der Waals surface area (Å²) in [5, 5.41) is 26.0. The van der Waals surface area contributed by atoms with Gasteiger partial charge in [-0.05, 0) is 37.7 Å². The van der Waals surface area contributed by atoms with Crippen LogP contribution < -0.4 is 27.4 Å². The molecule has 0 rings (SSSR count). The summed E-state index contributed by atoms with van der Waals surface area (Å²) in [7, 11) is 0. The number of carboxylic acid groups (broad SMARTS) is 1. The minimum Gasteiger partial charge on any atom is -0.480 e. The normalized spacial score (nSPS) is 15.7. The first-order valence-corrected chi connectivity index (χ1v) is 11.5. The Morgan fingerprint density at radius 2 is 1.47 bits per heavy atom. The first-order chi connectivity index (χ1) is 14.8. The average molecular weight is 478 g/mol. The van der Waals surface area contributed by atoms with E-state index in [4.69, 9.17) is 11.5 Å². The van der Waals surface area contributed by atoms with Crippen LogP contribution in [0, 0.1) is 5.92 Å². The van der Waals surface area contributed by atoms with E-state index in [1.807, 2.05) is 20.1 Å². The van der Waals surface area contributed by atoms with Crippen LogP contribution in [0.5, 0.6) is 0 Å². The van der Waals surface area contributed by atoms with Crippen LogP contribution >= 0.6 is 11.8 Å². The van der Waals surface area contributed by atoms with Crippen LogP contribution in [0.15, 0.2) is 0 Å². The molecule has 0 aromatic heterocycles. The van der Waals surface area contributed by atoms with Crippen molar-refractivity contribution in [1.29, 1.82) is 0 Å². The van der Waals surface area contributed by atoms with Gasteiger partial charge in [0.25, 0.3) is 0 Å². The van der Waals surface area contributed by atoms with Gasteiger partial charge < -0.3 is 37.6 Å². The molecule has 0 saturated heterocycles. The van der Waals surface area contributed by atoms with Gasteiger partial charge in [0.2, 0.25) is 23.6 Å². The number of amides is 4. The number of carbonyl (C=O) groups is 5. The van der Waals surface area contributed by atoms with Gasteiger partial charge in [-0.3, -0.25) is 19.2 Å².